The van der Waals surface area contributed by atoms with Gasteiger partial charge in [-0.2, -0.15) is 0 Å². The van der Waals surface area contributed by atoms with Crippen LogP contribution in [-0.2, 0) is 0 Å². The monoisotopic (exact) mass is 445 g/mol. The van der Waals surface area contributed by atoms with Crippen molar-refractivity contribution < 1.29 is 0 Å². The van der Waals surface area contributed by atoms with Gasteiger partial charge in [-0.15, -0.1) is 0 Å². The number of para-hydroxylation sites is 2. The van der Waals surface area contributed by atoms with E-state index in [9.17, 15) is 4.79 Å². The Kier molecular flexibility index (Phi) is 4.39. The molecular formula is C28H23N5O. The Morgan fingerprint density at radius 1 is 0.676 bits per heavy atom. The van der Waals surface area contributed by atoms with Crippen LogP contribution in [0.25, 0.3) is 44.6 Å². The second-order valence-corrected chi connectivity index (χ2v) is 8.85. The molecular weight excluding hydrogens is 422 g/mol. The second kappa shape index (κ2) is 7.35. The van der Waals surface area contributed by atoms with Gasteiger partial charge in [0.15, 0.2) is 11.3 Å². The van der Waals surface area contributed by atoms with Crippen LogP contribution in [0.15, 0.2) is 71.5 Å². The largest absolute Gasteiger partial charge is 0.276 e. The second-order valence-electron chi connectivity index (χ2n) is 8.85. The van der Waals surface area contributed by atoms with Gasteiger partial charge in [0.05, 0.1) is 16.7 Å². The summed E-state index contributed by atoms with van der Waals surface area (Å²) in [5.41, 5.74) is 8.08. The van der Waals surface area contributed by atoms with Crippen molar-refractivity contribution in [2.24, 2.45) is 0 Å². The molecule has 0 aliphatic rings. The Hall–Kier alpha value is -4.32. The summed E-state index contributed by atoms with van der Waals surface area (Å²) in [5, 5.41) is 0.473. The number of aromatic nitrogens is 5. The van der Waals surface area contributed by atoms with Gasteiger partial charge in [0.1, 0.15) is 16.7 Å². The highest BCUT2D eigenvalue weighted by Gasteiger charge is 2.23. The molecule has 166 valence electrons. The quantitative estimate of drug-likeness (QED) is 0.353. The highest BCUT2D eigenvalue weighted by molar-refractivity contribution is 6.06. The maximum Gasteiger partial charge on any atom is 0.269 e. The number of nitrogens with zero attached hydrogens (tertiary/aromatic N) is 5. The molecule has 6 rings (SSSR count). The molecule has 0 atom stereocenters. The first-order chi connectivity index (χ1) is 16.4. The summed E-state index contributed by atoms with van der Waals surface area (Å²) in [4.78, 5) is 28.9. The summed E-state index contributed by atoms with van der Waals surface area (Å²) in [7, 11) is 0. The van der Waals surface area contributed by atoms with Gasteiger partial charge in [0.2, 0.25) is 0 Å². The normalized spacial score (nSPS) is 11.6. The van der Waals surface area contributed by atoms with Gasteiger partial charge in [-0.3, -0.25) is 13.9 Å². The lowest BCUT2D eigenvalue weighted by Gasteiger charge is -2.14. The molecule has 0 radical (unpaired) electrons. The van der Waals surface area contributed by atoms with Crippen LogP contribution in [-0.4, -0.2) is 24.1 Å². The predicted molar refractivity (Wildman–Crippen MR) is 136 cm³/mol. The molecule has 0 aliphatic heterocycles. The van der Waals surface area contributed by atoms with E-state index >= 15 is 0 Å². The van der Waals surface area contributed by atoms with Crippen LogP contribution in [0.1, 0.15) is 22.5 Å². The Morgan fingerprint density at radius 3 is 2.18 bits per heavy atom. The van der Waals surface area contributed by atoms with E-state index in [1.165, 1.54) is 0 Å². The minimum Gasteiger partial charge on any atom is -0.276 e. The molecule has 0 aliphatic carbocycles. The van der Waals surface area contributed by atoms with E-state index in [4.69, 9.17) is 15.0 Å². The molecule has 0 fully saturated rings. The Bertz CT molecular complexity index is 1830. The van der Waals surface area contributed by atoms with E-state index in [1.54, 1.807) is 4.57 Å². The van der Waals surface area contributed by atoms with Gasteiger partial charge < -0.3 is 0 Å². The summed E-state index contributed by atoms with van der Waals surface area (Å²) in [5.74, 6) is 0.618. The summed E-state index contributed by atoms with van der Waals surface area (Å²) < 4.78 is 3.65. The number of fused-ring (bicyclic) bond motifs is 4. The maximum atomic E-state index is 14.1. The smallest absolute Gasteiger partial charge is 0.269 e. The zero-order valence-corrected chi connectivity index (χ0v) is 19.5. The third-order valence-corrected chi connectivity index (χ3v) is 6.31. The van der Waals surface area contributed by atoms with Gasteiger partial charge in [0, 0.05) is 5.69 Å². The molecule has 0 amide bonds. The van der Waals surface area contributed by atoms with E-state index in [0.29, 0.717) is 28.0 Å². The summed E-state index contributed by atoms with van der Waals surface area (Å²) >= 11 is 0. The molecule has 6 nitrogen and oxygen atoms in total. The molecule has 0 saturated heterocycles. The molecule has 0 bridgehead atoms. The van der Waals surface area contributed by atoms with Gasteiger partial charge in [-0.25, -0.2) is 15.0 Å². The van der Waals surface area contributed by atoms with Gasteiger partial charge >= 0.3 is 0 Å². The lowest BCUT2D eigenvalue weighted by atomic mass is 10.1. The summed E-state index contributed by atoms with van der Waals surface area (Å²) in [6, 6.07) is 22.0. The minimum atomic E-state index is -0.141. The summed E-state index contributed by atoms with van der Waals surface area (Å²) in [6.07, 6.45) is 0. The first kappa shape index (κ1) is 20.3. The van der Waals surface area contributed by atoms with E-state index in [-0.39, 0.29) is 5.56 Å². The fraction of sp³-hybridized carbons (Fsp3) is 0.143. The number of hydrogen-bond acceptors (Lipinski definition) is 4. The molecule has 0 saturated carbocycles. The molecule has 6 aromatic rings. The number of rotatable bonds is 2. The lowest BCUT2D eigenvalue weighted by molar-refractivity contribution is 0.878. The van der Waals surface area contributed by atoms with Crippen LogP contribution in [0.4, 0.5) is 0 Å². The molecule has 6 heteroatoms. The van der Waals surface area contributed by atoms with E-state index in [0.717, 1.165) is 39.1 Å². The van der Waals surface area contributed by atoms with Crippen LogP contribution in [0.2, 0.25) is 0 Å². The Labute approximate surface area is 196 Å². The van der Waals surface area contributed by atoms with Crippen molar-refractivity contribution in [2.45, 2.75) is 27.7 Å². The molecule has 3 aromatic carbocycles. The minimum absolute atomic E-state index is 0.141. The van der Waals surface area contributed by atoms with E-state index < -0.39 is 0 Å². The van der Waals surface area contributed by atoms with Crippen molar-refractivity contribution in [3.05, 3.63) is 99.6 Å². The van der Waals surface area contributed by atoms with Crippen molar-refractivity contribution >= 4 is 33.2 Å². The molecule has 3 heterocycles. The lowest BCUT2D eigenvalue weighted by Crippen LogP contribution is -2.23. The van der Waals surface area contributed by atoms with E-state index in [2.05, 4.69) is 6.07 Å². The van der Waals surface area contributed by atoms with Crippen LogP contribution in [0, 0.1) is 27.7 Å². The Morgan fingerprint density at radius 2 is 1.41 bits per heavy atom. The molecule has 0 unspecified atom stereocenters. The van der Waals surface area contributed by atoms with Gasteiger partial charge in [0.25, 0.3) is 5.56 Å². The van der Waals surface area contributed by atoms with Crippen molar-refractivity contribution in [1.29, 1.82) is 0 Å². The van der Waals surface area contributed by atoms with Crippen molar-refractivity contribution in [3.63, 3.8) is 0 Å². The van der Waals surface area contributed by atoms with Crippen LogP contribution in [0.5, 0.6) is 0 Å². The molecule has 0 N–H and O–H groups in total. The first-order valence-corrected chi connectivity index (χ1v) is 11.3. The van der Waals surface area contributed by atoms with Crippen molar-refractivity contribution in [3.8, 4) is 11.4 Å². The number of aryl methyl sites for hydroxylation is 4. The van der Waals surface area contributed by atoms with Gasteiger partial charge in [-0.05, 0) is 74.7 Å². The third kappa shape index (κ3) is 2.95. The fourth-order valence-corrected chi connectivity index (χ4v) is 4.65. The fourth-order valence-electron chi connectivity index (χ4n) is 4.65. The van der Waals surface area contributed by atoms with Crippen LogP contribution >= 0.6 is 0 Å². The zero-order chi connectivity index (χ0) is 23.6. The number of hydrogen-bond donors (Lipinski definition) is 0. The highest BCUT2D eigenvalue weighted by atomic mass is 16.1. The molecule has 0 spiro atoms. The van der Waals surface area contributed by atoms with E-state index in [1.807, 2.05) is 92.9 Å². The van der Waals surface area contributed by atoms with Crippen LogP contribution < -0.4 is 5.56 Å². The average molecular weight is 446 g/mol. The average Bonchev–Trinajstić information content (AvgIpc) is 3.12. The Balaban J connectivity index is 1.83. The molecule has 3 aromatic heterocycles. The highest BCUT2D eigenvalue weighted by Crippen LogP contribution is 2.29. The van der Waals surface area contributed by atoms with Crippen LogP contribution in [0.3, 0.4) is 0 Å². The zero-order valence-electron chi connectivity index (χ0n) is 19.5. The molecule has 34 heavy (non-hydrogen) atoms. The van der Waals surface area contributed by atoms with Crippen molar-refractivity contribution in [1.82, 2.24) is 24.1 Å². The van der Waals surface area contributed by atoms with Crippen molar-refractivity contribution in [2.75, 3.05) is 0 Å². The predicted octanol–water partition coefficient (Wildman–Crippen LogP) is 5.51. The third-order valence-electron chi connectivity index (χ3n) is 6.31. The number of benzene rings is 3. The maximum absolute atomic E-state index is 14.1. The van der Waals surface area contributed by atoms with Gasteiger partial charge in [-0.1, -0.05) is 36.4 Å². The SMILES string of the molecule is Cc1cccc(-n2c3nc4ccccc4nc3c3c(=O)n(-c4cc(C)ccc4C)c(C)nc32)c1. The summed E-state index contributed by atoms with van der Waals surface area (Å²) in [6.45, 7) is 7.95. The standard InChI is InChI=1S/C28H23N5O/c1-16-8-7-9-20(14-16)33-26-24(25-27(33)31-22-11-6-5-10-21(22)30-25)28(34)32(19(4)29-26)23-15-17(2)12-13-18(23)3/h5-15H,1-4H3. The first-order valence-electron chi connectivity index (χ1n) is 11.3. The topological polar surface area (TPSA) is 65.6 Å².